The highest BCUT2D eigenvalue weighted by molar-refractivity contribution is 7.83. The molecule has 0 spiro atoms. The van der Waals surface area contributed by atoms with Gasteiger partial charge < -0.3 is 4.89 Å². The van der Waals surface area contributed by atoms with Crippen LogP contribution in [0.25, 0.3) is 0 Å². The molecule has 0 aliphatic heterocycles. The molecule has 0 aromatic rings. The van der Waals surface area contributed by atoms with E-state index in [4.69, 9.17) is 23.2 Å². The van der Waals surface area contributed by atoms with Gasteiger partial charge in [0.15, 0.2) is 0 Å². The van der Waals surface area contributed by atoms with Crippen LogP contribution in [0.2, 0.25) is 0 Å². The summed E-state index contributed by atoms with van der Waals surface area (Å²) in [4.78, 5) is 10.7. The molecule has 140 valence electrons. The first kappa shape index (κ1) is 23.9. The van der Waals surface area contributed by atoms with Crippen LogP contribution in [0.5, 0.6) is 0 Å². The summed E-state index contributed by atoms with van der Waals surface area (Å²) in [6.45, 7) is 13.1. The highest BCUT2D eigenvalue weighted by Crippen LogP contribution is 2.81. The topological polar surface area (TPSA) is 64.1 Å². The monoisotopic (exact) mass is 409 g/mol. The maximum absolute atomic E-state index is 14.0. The second-order valence-electron chi connectivity index (χ2n) is 5.01. The second-order valence-corrected chi connectivity index (χ2v) is 13.0. The van der Waals surface area contributed by atoms with Crippen molar-refractivity contribution < 1.29 is 14.0 Å². The molecule has 0 saturated carbocycles. The molecule has 6 nitrogen and oxygen atoms in total. The van der Waals surface area contributed by atoms with Crippen molar-refractivity contribution in [2.24, 2.45) is 0 Å². The lowest BCUT2D eigenvalue weighted by molar-refractivity contribution is 0.340. The van der Waals surface area contributed by atoms with E-state index in [0.29, 0.717) is 39.3 Å². The third kappa shape index (κ3) is 4.17. The lowest BCUT2D eigenvalue weighted by Crippen LogP contribution is -2.42. The molecule has 0 bridgehead atoms. The Bertz CT molecular complexity index is 438. The summed E-state index contributed by atoms with van der Waals surface area (Å²) in [6.07, 6.45) is 0. The zero-order valence-corrected chi connectivity index (χ0v) is 18.3. The zero-order chi connectivity index (χ0) is 18.5. The number of hydrogen-bond donors (Lipinski definition) is 1. The average molecular weight is 410 g/mol. The van der Waals surface area contributed by atoms with Gasteiger partial charge in [-0.15, -0.1) is 0 Å². The number of nitrogens with zero attached hydrogens (tertiary/aromatic N) is 3. The molecule has 23 heavy (non-hydrogen) atoms. The van der Waals surface area contributed by atoms with Gasteiger partial charge in [-0.25, -0.2) is 14.0 Å². The molecule has 0 aliphatic carbocycles. The fourth-order valence-electron chi connectivity index (χ4n) is 2.68. The van der Waals surface area contributed by atoms with E-state index in [1.165, 1.54) is 4.67 Å². The fourth-order valence-corrected chi connectivity index (χ4v) is 10.8. The van der Waals surface area contributed by atoms with Crippen LogP contribution in [-0.4, -0.2) is 62.0 Å². The second kappa shape index (κ2) is 9.54. The molecule has 0 saturated heterocycles. The first-order chi connectivity index (χ1) is 10.6. The zero-order valence-electron chi connectivity index (χ0n) is 15.0. The molecule has 1 N–H and O–H groups in total. The SMILES string of the molecule is CCN(CC)P(=O)(O)C(Cl)(Cl)P(=O)(N(CC)CC)N(CC)CC. The first-order valence-electron chi connectivity index (χ1n) is 8.13. The summed E-state index contributed by atoms with van der Waals surface area (Å²) >= 11 is 12.9. The van der Waals surface area contributed by atoms with Gasteiger partial charge >= 0.3 is 7.52 Å². The molecule has 1 atom stereocenters. The van der Waals surface area contributed by atoms with Gasteiger partial charge in [0.05, 0.1) is 0 Å². The van der Waals surface area contributed by atoms with E-state index >= 15 is 0 Å². The van der Waals surface area contributed by atoms with Gasteiger partial charge in [-0.1, -0.05) is 64.7 Å². The van der Waals surface area contributed by atoms with Crippen LogP contribution in [-0.2, 0) is 9.13 Å². The summed E-state index contributed by atoms with van der Waals surface area (Å²) in [6, 6.07) is 0. The van der Waals surface area contributed by atoms with Gasteiger partial charge in [-0.05, 0) is 0 Å². The highest BCUT2D eigenvalue weighted by Gasteiger charge is 2.64. The van der Waals surface area contributed by atoms with Crippen LogP contribution in [0, 0.1) is 0 Å². The van der Waals surface area contributed by atoms with Crippen LogP contribution in [0.3, 0.4) is 0 Å². The van der Waals surface area contributed by atoms with Gasteiger partial charge in [0.1, 0.15) is 0 Å². The average Bonchev–Trinajstić information content (AvgIpc) is 2.50. The van der Waals surface area contributed by atoms with E-state index in [0.717, 1.165) is 0 Å². The molecule has 1 unspecified atom stereocenters. The molecule has 0 radical (unpaired) electrons. The third-order valence-corrected chi connectivity index (χ3v) is 13.6. The Hall–Kier alpha value is 0.880. The van der Waals surface area contributed by atoms with E-state index in [9.17, 15) is 14.0 Å². The van der Waals surface area contributed by atoms with Crippen LogP contribution < -0.4 is 0 Å². The molecule has 0 heterocycles. The number of hydrogen-bond acceptors (Lipinski definition) is 2. The van der Waals surface area contributed by atoms with Crippen LogP contribution in [0.1, 0.15) is 41.5 Å². The van der Waals surface area contributed by atoms with E-state index in [1.807, 2.05) is 27.7 Å². The smallest absolute Gasteiger partial charge is 0.315 e. The molecule has 0 fully saturated rings. The van der Waals surface area contributed by atoms with Gasteiger partial charge in [0.2, 0.25) is 0 Å². The minimum absolute atomic E-state index is 0.294. The predicted octanol–water partition coefficient (Wildman–Crippen LogP) is 4.48. The molecular weight excluding hydrogens is 379 g/mol. The largest absolute Gasteiger partial charge is 0.331 e. The van der Waals surface area contributed by atoms with Crippen molar-refractivity contribution in [2.45, 2.75) is 45.4 Å². The Labute approximate surface area is 151 Å². The normalized spacial score (nSPS) is 16.3. The summed E-state index contributed by atoms with van der Waals surface area (Å²) < 4.78 is 29.3. The summed E-state index contributed by atoms with van der Waals surface area (Å²) in [5, 5.41) is 0. The molecule has 0 aliphatic rings. The van der Waals surface area contributed by atoms with E-state index < -0.39 is 18.8 Å². The molecule has 0 rings (SSSR count). The molecule has 0 aromatic carbocycles. The maximum Gasteiger partial charge on any atom is 0.315 e. The molecule has 10 heteroatoms. The summed E-state index contributed by atoms with van der Waals surface area (Å²) in [5.41, 5.74) is 0. The molecule has 0 amide bonds. The van der Waals surface area contributed by atoms with Crippen molar-refractivity contribution in [1.29, 1.82) is 0 Å². The minimum atomic E-state index is -4.27. The van der Waals surface area contributed by atoms with E-state index in [1.54, 1.807) is 23.2 Å². The number of halogens is 2. The molecular formula is C13H31Cl2N3O3P2. The summed E-state index contributed by atoms with van der Waals surface area (Å²) in [7, 11) is -7.97. The van der Waals surface area contributed by atoms with Gasteiger partial charge in [-0.3, -0.25) is 9.13 Å². The Balaban J connectivity index is 6.37. The maximum atomic E-state index is 14.0. The first-order valence-corrected chi connectivity index (χ1v) is 12.1. The van der Waals surface area contributed by atoms with E-state index in [-0.39, 0.29) is 0 Å². The standard InChI is InChI=1S/C13H31Cl2N3O3P2/c1-7-16(8-2)22(19,17(9-3)10-4)13(14,15)23(20,21)18(11-5)12-6/h7-12H2,1-6H3,(H,20,21). The molecule has 0 aromatic heterocycles. The van der Waals surface area contributed by atoms with Crippen LogP contribution in [0.15, 0.2) is 0 Å². The number of alkyl halides is 2. The van der Waals surface area contributed by atoms with E-state index in [2.05, 4.69) is 0 Å². The van der Waals surface area contributed by atoms with Crippen molar-refractivity contribution in [1.82, 2.24) is 14.0 Å². The van der Waals surface area contributed by atoms with Crippen molar-refractivity contribution in [3.05, 3.63) is 0 Å². The lowest BCUT2D eigenvalue weighted by Gasteiger charge is -2.46. The highest BCUT2D eigenvalue weighted by atomic mass is 35.5. The Kier molecular flexibility index (Phi) is 9.91. The third-order valence-electron chi connectivity index (χ3n) is 4.04. The minimum Gasteiger partial charge on any atom is -0.331 e. The van der Waals surface area contributed by atoms with Gasteiger partial charge in [0, 0.05) is 39.3 Å². The van der Waals surface area contributed by atoms with Crippen LogP contribution >= 0.6 is 38.2 Å². The summed E-state index contributed by atoms with van der Waals surface area (Å²) in [5.74, 6) is 0. The van der Waals surface area contributed by atoms with Gasteiger partial charge in [0.25, 0.3) is 11.3 Å². The van der Waals surface area contributed by atoms with Crippen molar-refractivity contribution >= 4 is 38.2 Å². The van der Waals surface area contributed by atoms with Crippen molar-refractivity contribution in [3.8, 4) is 0 Å². The Morgan fingerprint density at radius 3 is 1.22 bits per heavy atom. The van der Waals surface area contributed by atoms with Gasteiger partial charge in [-0.2, -0.15) is 0 Å². The Morgan fingerprint density at radius 2 is 1.00 bits per heavy atom. The fraction of sp³-hybridized carbons (Fsp3) is 1.00. The van der Waals surface area contributed by atoms with Crippen molar-refractivity contribution in [2.75, 3.05) is 39.3 Å². The Morgan fingerprint density at radius 1 is 0.739 bits per heavy atom. The van der Waals surface area contributed by atoms with Crippen LogP contribution in [0.4, 0.5) is 0 Å². The quantitative estimate of drug-likeness (QED) is 0.400. The predicted molar refractivity (Wildman–Crippen MR) is 101 cm³/mol. The number of rotatable bonds is 11. The lowest BCUT2D eigenvalue weighted by atomic mass is 10.7. The van der Waals surface area contributed by atoms with Crippen molar-refractivity contribution in [3.63, 3.8) is 0 Å².